The second-order valence-electron chi connectivity index (χ2n) is 5.59. The van der Waals surface area contributed by atoms with Crippen LogP contribution in [0.15, 0.2) is 16.6 Å². The third-order valence-corrected chi connectivity index (χ3v) is 4.39. The summed E-state index contributed by atoms with van der Waals surface area (Å²) in [7, 11) is 0. The van der Waals surface area contributed by atoms with Crippen LogP contribution in [0.5, 0.6) is 0 Å². The van der Waals surface area contributed by atoms with Gasteiger partial charge in [0, 0.05) is 15.7 Å². The lowest BCUT2D eigenvalue weighted by molar-refractivity contribution is -0.110. The van der Waals surface area contributed by atoms with Gasteiger partial charge in [-0.05, 0) is 30.5 Å². The van der Waals surface area contributed by atoms with Gasteiger partial charge in [0.25, 0.3) is 5.91 Å². The number of halogens is 1. The second-order valence-corrected chi connectivity index (χ2v) is 6.50. The van der Waals surface area contributed by atoms with E-state index in [-0.39, 0.29) is 11.8 Å². The highest BCUT2D eigenvalue weighted by atomic mass is 79.9. The molecule has 5 heteroatoms. The van der Waals surface area contributed by atoms with Gasteiger partial charge in [-0.1, -0.05) is 29.8 Å². The highest BCUT2D eigenvalue weighted by Gasteiger charge is 2.46. The number of hydrogen-bond acceptors (Lipinski definition) is 3. The van der Waals surface area contributed by atoms with Crippen molar-refractivity contribution in [1.29, 1.82) is 0 Å². The summed E-state index contributed by atoms with van der Waals surface area (Å²) in [5.74, 6) is 0.0704. The summed E-state index contributed by atoms with van der Waals surface area (Å²) in [5, 5.41) is 10.2. The molecule has 19 heavy (non-hydrogen) atoms. The standard InChI is InChI=1S/C14H19BrN2O2/c1-8(2)14(19)6-17(7-14)13(18)11-4-10(15)5-12(16)9(11)3/h4-5,8,19H,6-7,16H2,1-3H3. The van der Waals surface area contributed by atoms with E-state index in [1.807, 2.05) is 20.8 Å². The maximum Gasteiger partial charge on any atom is 0.254 e. The van der Waals surface area contributed by atoms with Gasteiger partial charge in [0.1, 0.15) is 5.60 Å². The first-order valence-electron chi connectivity index (χ1n) is 6.32. The van der Waals surface area contributed by atoms with Gasteiger partial charge >= 0.3 is 0 Å². The highest BCUT2D eigenvalue weighted by molar-refractivity contribution is 9.10. The third-order valence-electron chi connectivity index (χ3n) is 3.93. The molecule has 1 aromatic carbocycles. The number of nitrogens with zero attached hydrogens (tertiary/aromatic N) is 1. The van der Waals surface area contributed by atoms with Gasteiger partial charge in [-0.3, -0.25) is 4.79 Å². The molecule has 0 aromatic heterocycles. The zero-order chi connectivity index (χ0) is 14.4. The Morgan fingerprint density at radius 2 is 2.05 bits per heavy atom. The van der Waals surface area contributed by atoms with E-state index in [9.17, 15) is 9.90 Å². The molecule has 0 atom stereocenters. The normalized spacial score (nSPS) is 17.5. The maximum absolute atomic E-state index is 12.4. The lowest BCUT2D eigenvalue weighted by atomic mass is 9.82. The number of amides is 1. The molecule has 4 nitrogen and oxygen atoms in total. The fraction of sp³-hybridized carbons (Fsp3) is 0.500. The van der Waals surface area contributed by atoms with E-state index < -0.39 is 5.60 Å². The molecule has 1 heterocycles. The molecule has 0 aliphatic carbocycles. The third kappa shape index (κ3) is 2.49. The number of rotatable bonds is 2. The van der Waals surface area contributed by atoms with Crippen LogP contribution in [-0.2, 0) is 0 Å². The number of benzene rings is 1. The number of β-amino-alcohol motifs (C(OH)–C–C–N with tert-alkyl or cyclic N) is 1. The van der Waals surface area contributed by atoms with E-state index in [1.165, 1.54) is 0 Å². The van der Waals surface area contributed by atoms with E-state index >= 15 is 0 Å². The van der Waals surface area contributed by atoms with Gasteiger partial charge in [0.05, 0.1) is 13.1 Å². The lowest BCUT2D eigenvalue weighted by Gasteiger charge is -2.49. The number of hydrogen-bond donors (Lipinski definition) is 2. The van der Waals surface area contributed by atoms with Crippen LogP contribution in [0.1, 0.15) is 29.8 Å². The topological polar surface area (TPSA) is 66.6 Å². The Hall–Kier alpha value is -1.07. The van der Waals surface area contributed by atoms with Crippen molar-refractivity contribution in [3.8, 4) is 0 Å². The first-order chi connectivity index (χ1) is 8.74. The zero-order valence-electron chi connectivity index (χ0n) is 11.4. The molecule has 104 valence electrons. The van der Waals surface area contributed by atoms with Crippen molar-refractivity contribution in [2.24, 2.45) is 5.92 Å². The highest BCUT2D eigenvalue weighted by Crippen LogP contribution is 2.31. The molecule has 0 bridgehead atoms. The van der Waals surface area contributed by atoms with Crippen molar-refractivity contribution in [3.63, 3.8) is 0 Å². The molecule has 0 radical (unpaired) electrons. The average Bonchev–Trinajstić information content (AvgIpc) is 2.28. The molecule has 0 unspecified atom stereocenters. The van der Waals surface area contributed by atoms with E-state index in [1.54, 1.807) is 17.0 Å². The maximum atomic E-state index is 12.4. The van der Waals surface area contributed by atoms with Crippen LogP contribution in [0.25, 0.3) is 0 Å². The zero-order valence-corrected chi connectivity index (χ0v) is 13.0. The molecule has 1 saturated heterocycles. The molecule has 1 aliphatic heterocycles. The predicted octanol–water partition coefficient (Wildman–Crippen LogP) is 2.18. The molecule has 1 amide bonds. The van der Waals surface area contributed by atoms with Crippen LogP contribution in [0.4, 0.5) is 5.69 Å². The molecule has 3 N–H and O–H groups in total. The number of aliphatic hydroxyl groups is 1. The Labute approximate surface area is 121 Å². The molecule has 2 rings (SSSR count). The number of carbonyl (C=O) groups excluding carboxylic acids is 1. The predicted molar refractivity (Wildman–Crippen MR) is 79.0 cm³/mol. The summed E-state index contributed by atoms with van der Waals surface area (Å²) < 4.78 is 0.790. The van der Waals surface area contributed by atoms with Gasteiger partial charge in [-0.2, -0.15) is 0 Å². The Balaban J connectivity index is 2.19. The van der Waals surface area contributed by atoms with Crippen molar-refractivity contribution < 1.29 is 9.90 Å². The summed E-state index contributed by atoms with van der Waals surface area (Å²) in [6, 6.07) is 3.56. The first kappa shape index (κ1) is 14.3. The van der Waals surface area contributed by atoms with Crippen molar-refractivity contribution in [2.45, 2.75) is 26.4 Å². The molecular formula is C14H19BrN2O2. The Bertz CT molecular complexity index is 522. The van der Waals surface area contributed by atoms with Crippen LogP contribution >= 0.6 is 15.9 Å². The molecular weight excluding hydrogens is 308 g/mol. The van der Waals surface area contributed by atoms with Crippen molar-refractivity contribution in [1.82, 2.24) is 4.90 Å². The minimum Gasteiger partial charge on any atom is -0.398 e. The number of nitrogens with two attached hydrogens (primary N) is 1. The van der Waals surface area contributed by atoms with Crippen molar-refractivity contribution in [2.75, 3.05) is 18.8 Å². The van der Waals surface area contributed by atoms with Crippen LogP contribution in [0, 0.1) is 12.8 Å². The Morgan fingerprint density at radius 1 is 1.47 bits per heavy atom. The Morgan fingerprint density at radius 3 is 2.58 bits per heavy atom. The minimum atomic E-state index is -0.749. The lowest BCUT2D eigenvalue weighted by Crippen LogP contribution is -2.66. The molecule has 1 aromatic rings. The fourth-order valence-corrected chi connectivity index (χ4v) is 2.69. The van der Waals surface area contributed by atoms with E-state index in [4.69, 9.17) is 5.73 Å². The summed E-state index contributed by atoms with van der Waals surface area (Å²) >= 11 is 3.35. The number of carbonyl (C=O) groups is 1. The van der Waals surface area contributed by atoms with Gasteiger partial charge in [0.15, 0.2) is 0 Å². The summed E-state index contributed by atoms with van der Waals surface area (Å²) in [4.78, 5) is 14.1. The molecule has 0 spiro atoms. The van der Waals surface area contributed by atoms with Crippen LogP contribution < -0.4 is 5.73 Å². The quantitative estimate of drug-likeness (QED) is 0.818. The first-order valence-corrected chi connectivity index (χ1v) is 7.11. The van der Waals surface area contributed by atoms with Crippen LogP contribution in [0.3, 0.4) is 0 Å². The van der Waals surface area contributed by atoms with E-state index in [0.29, 0.717) is 24.3 Å². The van der Waals surface area contributed by atoms with Gasteiger partial charge in [-0.25, -0.2) is 0 Å². The average molecular weight is 327 g/mol. The number of nitrogen functional groups attached to an aromatic ring is 1. The summed E-state index contributed by atoms with van der Waals surface area (Å²) in [5.41, 5.74) is 7.10. The number of anilines is 1. The minimum absolute atomic E-state index is 0.0733. The molecule has 1 fully saturated rings. The SMILES string of the molecule is Cc1c(N)cc(Br)cc1C(=O)N1CC(O)(C(C)C)C1. The van der Waals surface area contributed by atoms with Gasteiger partial charge in [0.2, 0.25) is 0 Å². The smallest absolute Gasteiger partial charge is 0.254 e. The monoisotopic (exact) mass is 326 g/mol. The Kier molecular flexibility index (Phi) is 3.62. The van der Waals surface area contributed by atoms with Crippen molar-refractivity contribution >= 4 is 27.5 Å². The molecule has 1 aliphatic rings. The summed E-state index contributed by atoms with van der Waals surface area (Å²) in [6.07, 6.45) is 0. The molecule has 0 saturated carbocycles. The van der Waals surface area contributed by atoms with Crippen LogP contribution in [0.2, 0.25) is 0 Å². The van der Waals surface area contributed by atoms with Gasteiger partial charge < -0.3 is 15.7 Å². The largest absolute Gasteiger partial charge is 0.398 e. The van der Waals surface area contributed by atoms with Crippen molar-refractivity contribution in [3.05, 3.63) is 27.7 Å². The van der Waals surface area contributed by atoms with E-state index in [0.717, 1.165) is 10.0 Å². The summed E-state index contributed by atoms with van der Waals surface area (Å²) in [6.45, 7) is 6.53. The van der Waals surface area contributed by atoms with Gasteiger partial charge in [-0.15, -0.1) is 0 Å². The second kappa shape index (κ2) is 4.80. The van der Waals surface area contributed by atoms with Crippen LogP contribution in [-0.4, -0.2) is 34.6 Å². The number of likely N-dealkylation sites (tertiary alicyclic amines) is 1. The fourth-order valence-electron chi connectivity index (χ4n) is 2.22. The van der Waals surface area contributed by atoms with E-state index in [2.05, 4.69) is 15.9 Å².